The van der Waals surface area contributed by atoms with Crippen molar-refractivity contribution in [1.82, 2.24) is 15.0 Å². The summed E-state index contributed by atoms with van der Waals surface area (Å²) in [6.07, 6.45) is 1.13. The Morgan fingerprint density at radius 3 is 2.86 bits per heavy atom. The minimum atomic E-state index is -1.23. The van der Waals surface area contributed by atoms with Crippen LogP contribution in [-0.2, 0) is 11.3 Å². The fourth-order valence-electron chi connectivity index (χ4n) is 1.56. The molecule has 0 aliphatic carbocycles. The van der Waals surface area contributed by atoms with Crippen LogP contribution in [0.3, 0.4) is 0 Å². The van der Waals surface area contributed by atoms with E-state index in [9.17, 15) is 14.0 Å². The lowest BCUT2D eigenvalue weighted by Crippen LogP contribution is -2.19. The first-order valence-corrected chi connectivity index (χ1v) is 5.76. The number of carboxylic acids is 1. The lowest BCUT2D eigenvalue weighted by molar-refractivity contribution is -0.116. The Labute approximate surface area is 118 Å². The molecule has 0 saturated carbocycles. The van der Waals surface area contributed by atoms with Crippen molar-refractivity contribution in [2.45, 2.75) is 6.54 Å². The lowest BCUT2D eigenvalue weighted by atomic mass is 10.3. The highest BCUT2D eigenvalue weighted by atomic mass is 19.1. The number of methoxy groups -OCH3 is 1. The van der Waals surface area contributed by atoms with Gasteiger partial charge in [0.15, 0.2) is 17.3 Å². The summed E-state index contributed by atoms with van der Waals surface area (Å²) < 4.78 is 19.1. The molecule has 110 valence electrons. The Hall–Kier alpha value is -2.97. The standard InChI is InChI=1S/C12H11FN4O4/c1-21-10-4-7(2-3-8(10)13)14-11(18)6-17-5-9(12(19)20)15-16-17/h2-5H,6H2,1H3,(H,14,18)(H,19,20). The maximum absolute atomic E-state index is 13.2. The van der Waals surface area contributed by atoms with Crippen LogP contribution in [0.25, 0.3) is 0 Å². The van der Waals surface area contributed by atoms with Gasteiger partial charge in [-0.2, -0.15) is 0 Å². The van der Waals surface area contributed by atoms with Crippen LogP contribution in [0.5, 0.6) is 5.75 Å². The molecule has 0 unspecified atom stereocenters. The number of aromatic carboxylic acids is 1. The minimum absolute atomic E-state index is 0.00159. The van der Waals surface area contributed by atoms with E-state index in [4.69, 9.17) is 9.84 Å². The minimum Gasteiger partial charge on any atom is -0.494 e. The molecule has 2 rings (SSSR count). The van der Waals surface area contributed by atoms with Crippen LogP contribution in [-0.4, -0.2) is 39.1 Å². The van der Waals surface area contributed by atoms with Gasteiger partial charge in [-0.05, 0) is 12.1 Å². The first kappa shape index (κ1) is 14.4. The Balaban J connectivity index is 2.02. The van der Waals surface area contributed by atoms with E-state index in [1.165, 1.54) is 19.2 Å². The van der Waals surface area contributed by atoms with Crippen molar-refractivity contribution in [2.75, 3.05) is 12.4 Å². The van der Waals surface area contributed by atoms with Gasteiger partial charge >= 0.3 is 5.97 Å². The summed E-state index contributed by atoms with van der Waals surface area (Å²) in [5.74, 6) is -2.24. The Morgan fingerprint density at radius 1 is 1.48 bits per heavy atom. The normalized spacial score (nSPS) is 10.2. The zero-order valence-corrected chi connectivity index (χ0v) is 10.9. The number of aromatic nitrogens is 3. The maximum atomic E-state index is 13.2. The van der Waals surface area contributed by atoms with Gasteiger partial charge in [-0.25, -0.2) is 13.9 Å². The predicted octanol–water partition coefficient (Wildman–Crippen LogP) is 0.763. The molecular formula is C12H11FN4O4. The first-order chi connectivity index (χ1) is 9.99. The molecule has 0 fully saturated rings. The smallest absolute Gasteiger partial charge is 0.358 e. The molecule has 0 radical (unpaired) electrons. The molecule has 0 atom stereocenters. The molecule has 2 N–H and O–H groups in total. The second-order valence-corrected chi connectivity index (χ2v) is 4.00. The van der Waals surface area contributed by atoms with Crippen LogP contribution < -0.4 is 10.1 Å². The molecule has 8 nitrogen and oxygen atoms in total. The summed E-state index contributed by atoms with van der Waals surface area (Å²) in [4.78, 5) is 22.4. The largest absolute Gasteiger partial charge is 0.494 e. The number of carboxylic acid groups (broad SMARTS) is 1. The number of amides is 1. The number of carbonyl (C=O) groups excluding carboxylic acids is 1. The molecule has 0 spiro atoms. The molecule has 1 heterocycles. The van der Waals surface area contributed by atoms with Gasteiger partial charge in [-0.15, -0.1) is 5.10 Å². The fourth-order valence-corrected chi connectivity index (χ4v) is 1.56. The van der Waals surface area contributed by atoms with Gasteiger partial charge < -0.3 is 15.2 Å². The Morgan fingerprint density at radius 2 is 2.24 bits per heavy atom. The third-order valence-corrected chi connectivity index (χ3v) is 2.50. The maximum Gasteiger partial charge on any atom is 0.358 e. The van der Waals surface area contributed by atoms with Crippen molar-refractivity contribution in [3.8, 4) is 5.75 Å². The molecule has 21 heavy (non-hydrogen) atoms. The highest BCUT2D eigenvalue weighted by Crippen LogP contribution is 2.21. The van der Waals surface area contributed by atoms with E-state index < -0.39 is 17.7 Å². The summed E-state index contributed by atoms with van der Waals surface area (Å²) in [6.45, 7) is -0.222. The van der Waals surface area contributed by atoms with Gasteiger partial charge in [0.25, 0.3) is 0 Å². The van der Waals surface area contributed by atoms with Gasteiger partial charge in [0, 0.05) is 11.8 Å². The zero-order chi connectivity index (χ0) is 15.4. The van der Waals surface area contributed by atoms with Crippen LogP contribution in [0.4, 0.5) is 10.1 Å². The fraction of sp³-hybridized carbons (Fsp3) is 0.167. The van der Waals surface area contributed by atoms with Gasteiger partial charge in [-0.3, -0.25) is 4.79 Å². The number of benzene rings is 1. The Bertz CT molecular complexity index is 686. The average molecular weight is 294 g/mol. The zero-order valence-electron chi connectivity index (χ0n) is 10.9. The molecule has 1 aromatic carbocycles. The third-order valence-electron chi connectivity index (χ3n) is 2.50. The number of hydrogen-bond acceptors (Lipinski definition) is 5. The quantitative estimate of drug-likeness (QED) is 0.843. The Kier molecular flexibility index (Phi) is 4.12. The predicted molar refractivity (Wildman–Crippen MR) is 68.6 cm³/mol. The van der Waals surface area contributed by atoms with Crippen LogP contribution in [0.1, 0.15) is 10.5 Å². The average Bonchev–Trinajstić information content (AvgIpc) is 2.89. The second-order valence-electron chi connectivity index (χ2n) is 4.00. The summed E-state index contributed by atoms with van der Waals surface area (Å²) in [5.41, 5.74) is 0.0862. The van der Waals surface area contributed by atoms with E-state index in [1.807, 2.05) is 0 Å². The second kappa shape index (κ2) is 5.99. The van der Waals surface area contributed by atoms with Crippen molar-refractivity contribution in [3.05, 3.63) is 35.9 Å². The molecule has 0 saturated heterocycles. The van der Waals surface area contributed by atoms with Gasteiger partial charge in [0.05, 0.1) is 13.3 Å². The van der Waals surface area contributed by atoms with E-state index in [0.29, 0.717) is 5.69 Å². The van der Waals surface area contributed by atoms with Crippen molar-refractivity contribution in [2.24, 2.45) is 0 Å². The van der Waals surface area contributed by atoms with E-state index >= 15 is 0 Å². The van der Waals surface area contributed by atoms with Gasteiger partial charge in [0.1, 0.15) is 6.54 Å². The molecule has 9 heteroatoms. The van der Waals surface area contributed by atoms with Crippen LogP contribution >= 0.6 is 0 Å². The van der Waals surface area contributed by atoms with Crippen LogP contribution in [0.15, 0.2) is 24.4 Å². The van der Waals surface area contributed by atoms with Crippen molar-refractivity contribution < 1.29 is 23.8 Å². The lowest BCUT2D eigenvalue weighted by Gasteiger charge is -2.07. The number of rotatable bonds is 5. The monoisotopic (exact) mass is 294 g/mol. The highest BCUT2D eigenvalue weighted by molar-refractivity contribution is 5.91. The molecular weight excluding hydrogens is 283 g/mol. The van der Waals surface area contributed by atoms with Gasteiger partial charge in [-0.1, -0.05) is 5.21 Å². The number of halogens is 1. The molecule has 0 aliphatic rings. The van der Waals surface area contributed by atoms with Crippen molar-refractivity contribution >= 4 is 17.6 Å². The SMILES string of the molecule is COc1cc(NC(=O)Cn2cc(C(=O)O)nn2)ccc1F. The topological polar surface area (TPSA) is 106 Å². The first-order valence-electron chi connectivity index (χ1n) is 5.76. The molecule has 1 amide bonds. The highest BCUT2D eigenvalue weighted by Gasteiger charge is 2.11. The number of nitrogens with zero attached hydrogens (tertiary/aromatic N) is 3. The van der Waals surface area contributed by atoms with Crippen molar-refractivity contribution in [3.63, 3.8) is 0 Å². The van der Waals surface area contributed by atoms with E-state index in [-0.39, 0.29) is 18.0 Å². The molecule has 2 aromatic rings. The number of hydrogen-bond donors (Lipinski definition) is 2. The number of anilines is 1. The van der Waals surface area contributed by atoms with Gasteiger partial charge in [0.2, 0.25) is 5.91 Å². The molecule has 0 bridgehead atoms. The summed E-state index contributed by atoms with van der Waals surface area (Å²) >= 11 is 0. The molecule has 1 aromatic heterocycles. The van der Waals surface area contributed by atoms with Crippen LogP contribution in [0, 0.1) is 5.82 Å². The summed E-state index contributed by atoms with van der Waals surface area (Å²) in [6, 6.07) is 3.86. The van der Waals surface area contributed by atoms with E-state index in [0.717, 1.165) is 16.9 Å². The van der Waals surface area contributed by atoms with E-state index in [1.54, 1.807) is 0 Å². The van der Waals surface area contributed by atoms with Crippen molar-refractivity contribution in [1.29, 1.82) is 0 Å². The number of carbonyl (C=O) groups is 2. The third kappa shape index (κ3) is 3.53. The van der Waals surface area contributed by atoms with E-state index in [2.05, 4.69) is 15.6 Å². The summed E-state index contributed by atoms with van der Waals surface area (Å²) in [5, 5.41) is 18.1. The summed E-state index contributed by atoms with van der Waals surface area (Å²) in [7, 11) is 1.31. The number of nitrogens with one attached hydrogen (secondary N) is 1. The number of ether oxygens (including phenoxy) is 1. The molecule has 0 aliphatic heterocycles. The van der Waals surface area contributed by atoms with Crippen LogP contribution in [0.2, 0.25) is 0 Å².